The highest BCUT2D eigenvalue weighted by molar-refractivity contribution is 5.94. The number of hydrogen-bond donors (Lipinski definition) is 0. The quantitative estimate of drug-likeness (QED) is 0.844. The van der Waals surface area contributed by atoms with Gasteiger partial charge in [-0.2, -0.15) is 4.98 Å². The van der Waals surface area contributed by atoms with Crippen LogP contribution in [0.25, 0.3) is 0 Å². The van der Waals surface area contributed by atoms with Crippen LogP contribution >= 0.6 is 0 Å². The molecule has 0 spiro atoms. The summed E-state index contributed by atoms with van der Waals surface area (Å²) in [4.78, 5) is 17.2. The van der Waals surface area contributed by atoms with E-state index in [4.69, 9.17) is 8.94 Å². The van der Waals surface area contributed by atoms with E-state index >= 15 is 0 Å². The molecule has 0 saturated carbocycles. The first-order valence-electron chi connectivity index (χ1n) is 5.97. The summed E-state index contributed by atoms with van der Waals surface area (Å²) in [6.07, 6.45) is 2.00. The molecule has 0 aromatic carbocycles. The highest BCUT2D eigenvalue weighted by Crippen LogP contribution is 2.41. The van der Waals surface area contributed by atoms with Gasteiger partial charge in [0, 0.05) is 6.42 Å². The molecule has 1 saturated heterocycles. The van der Waals surface area contributed by atoms with E-state index in [0.717, 1.165) is 4.90 Å². The molecule has 0 bridgehead atoms. The Morgan fingerprint density at radius 1 is 1.55 bits per heavy atom. The van der Waals surface area contributed by atoms with Gasteiger partial charge in [0.1, 0.15) is 12.3 Å². The summed E-state index contributed by atoms with van der Waals surface area (Å²) >= 11 is 0. The molecule has 1 aliphatic heterocycles. The fourth-order valence-corrected chi connectivity index (χ4v) is 2.25. The highest BCUT2D eigenvalue weighted by Gasteiger charge is 2.50. The molecule has 1 amide bonds. The molecule has 1 atom stereocenters. The van der Waals surface area contributed by atoms with E-state index in [1.54, 1.807) is 6.92 Å². The summed E-state index contributed by atoms with van der Waals surface area (Å²) in [5, 5.41) is 3.58. The maximum atomic E-state index is 13.6. The maximum absolute atomic E-state index is 13.6. The van der Waals surface area contributed by atoms with Crippen LogP contribution in [-0.2, 0) is 0 Å². The summed E-state index contributed by atoms with van der Waals surface area (Å²) in [6, 6.07) is 0.503. The molecule has 0 aliphatic carbocycles. The maximum Gasteiger partial charge on any atom is 0.267 e. The second-order valence-electron chi connectivity index (χ2n) is 4.70. The third-order valence-corrected chi connectivity index (χ3v) is 3.13. The van der Waals surface area contributed by atoms with Gasteiger partial charge in [-0.25, -0.2) is 8.78 Å². The molecule has 8 heteroatoms. The van der Waals surface area contributed by atoms with E-state index in [1.165, 1.54) is 18.6 Å². The summed E-state index contributed by atoms with van der Waals surface area (Å²) < 4.78 is 37.0. The van der Waals surface area contributed by atoms with Gasteiger partial charge in [0.05, 0.1) is 18.4 Å². The minimum atomic E-state index is -2.98. The van der Waals surface area contributed by atoms with Gasteiger partial charge in [0.15, 0.2) is 5.82 Å². The van der Waals surface area contributed by atoms with Crippen molar-refractivity contribution in [2.75, 3.05) is 6.54 Å². The Morgan fingerprint density at radius 3 is 2.95 bits per heavy atom. The number of hydrogen-bond acceptors (Lipinski definition) is 5. The summed E-state index contributed by atoms with van der Waals surface area (Å²) in [7, 11) is 0. The first-order chi connectivity index (χ1) is 9.46. The van der Waals surface area contributed by atoms with Crippen LogP contribution in [0.1, 0.15) is 34.5 Å². The molecule has 6 nitrogen and oxygen atoms in total. The lowest BCUT2D eigenvalue weighted by atomic mass is 10.2. The second kappa shape index (κ2) is 4.39. The lowest BCUT2D eigenvalue weighted by Crippen LogP contribution is -2.32. The molecule has 2 aromatic rings. The predicted molar refractivity (Wildman–Crippen MR) is 61.1 cm³/mol. The van der Waals surface area contributed by atoms with Gasteiger partial charge in [0.25, 0.3) is 11.8 Å². The van der Waals surface area contributed by atoms with E-state index in [2.05, 4.69) is 10.1 Å². The molecule has 106 valence electrons. The van der Waals surface area contributed by atoms with Crippen LogP contribution in [0.5, 0.6) is 0 Å². The van der Waals surface area contributed by atoms with Crippen LogP contribution in [0.4, 0.5) is 8.78 Å². The van der Waals surface area contributed by atoms with Crippen molar-refractivity contribution in [1.29, 1.82) is 0 Å². The molecule has 0 radical (unpaired) electrons. The molecule has 1 aliphatic rings. The largest absolute Gasteiger partial charge is 0.472 e. The van der Waals surface area contributed by atoms with Gasteiger partial charge in [-0.05, 0) is 13.0 Å². The van der Waals surface area contributed by atoms with Crippen molar-refractivity contribution in [2.24, 2.45) is 0 Å². The third-order valence-electron chi connectivity index (χ3n) is 3.13. The first kappa shape index (κ1) is 12.8. The predicted octanol–water partition coefficient (Wildman–Crippen LogP) is 2.19. The second-order valence-corrected chi connectivity index (χ2v) is 4.70. The molecule has 0 N–H and O–H groups in total. The number of rotatable bonds is 2. The van der Waals surface area contributed by atoms with Crippen LogP contribution in [0.3, 0.4) is 0 Å². The van der Waals surface area contributed by atoms with Crippen molar-refractivity contribution in [3.8, 4) is 0 Å². The summed E-state index contributed by atoms with van der Waals surface area (Å²) in [5.41, 5.74) is 0.212. The minimum absolute atomic E-state index is 0.0246. The molecular weight excluding hydrogens is 272 g/mol. The number of halogens is 2. The number of carbonyl (C=O) groups excluding carboxylic acids is 1. The Kier molecular flexibility index (Phi) is 2.81. The Hall–Kier alpha value is -2.25. The van der Waals surface area contributed by atoms with Gasteiger partial charge in [-0.1, -0.05) is 5.16 Å². The number of carbonyl (C=O) groups is 1. The average molecular weight is 283 g/mol. The number of amides is 1. The van der Waals surface area contributed by atoms with Crippen molar-refractivity contribution in [3.63, 3.8) is 0 Å². The van der Waals surface area contributed by atoms with Crippen LogP contribution in [-0.4, -0.2) is 33.4 Å². The fourth-order valence-electron chi connectivity index (χ4n) is 2.25. The van der Waals surface area contributed by atoms with Gasteiger partial charge in [0.2, 0.25) is 5.89 Å². The number of aryl methyl sites for hydroxylation is 1. The Bertz CT molecular complexity index is 624. The highest BCUT2D eigenvalue weighted by atomic mass is 19.3. The number of nitrogens with zero attached hydrogens (tertiary/aromatic N) is 3. The Morgan fingerprint density at radius 2 is 2.35 bits per heavy atom. The third kappa shape index (κ3) is 2.17. The number of alkyl halides is 2. The van der Waals surface area contributed by atoms with Gasteiger partial charge < -0.3 is 13.8 Å². The zero-order chi connectivity index (χ0) is 14.3. The lowest BCUT2D eigenvalue weighted by molar-refractivity contribution is 0.0117. The van der Waals surface area contributed by atoms with Crippen LogP contribution < -0.4 is 0 Å². The van der Waals surface area contributed by atoms with E-state index < -0.39 is 30.8 Å². The smallest absolute Gasteiger partial charge is 0.267 e. The average Bonchev–Trinajstić information content (AvgIpc) is 3.07. The van der Waals surface area contributed by atoms with Crippen molar-refractivity contribution >= 4 is 5.91 Å². The van der Waals surface area contributed by atoms with E-state index in [1.807, 2.05) is 0 Å². The summed E-state index contributed by atoms with van der Waals surface area (Å²) in [5.74, 6) is -3.16. The molecular formula is C12H11F2N3O3. The van der Waals surface area contributed by atoms with E-state index in [0.29, 0.717) is 5.82 Å². The zero-order valence-electron chi connectivity index (χ0n) is 10.5. The zero-order valence-corrected chi connectivity index (χ0v) is 10.5. The first-order valence-corrected chi connectivity index (χ1v) is 5.97. The minimum Gasteiger partial charge on any atom is -0.472 e. The summed E-state index contributed by atoms with van der Waals surface area (Å²) in [6.45, 7) is 0.908. The van der Waals surface area contributed by atoms with E-state index in [9.17, 15) is 13.6 Å². The fraction of sp³-hybridized carbons (Fsp3) is 0.417. The van der Waals surface area contributed by atoms with Crippen LogP contribution in [0, 0.1) is 6.92 Å². The topological polar surface area (TPSA) is 72.4 Å². The molecule has 3 rings (SSSR count). The number of aromatic nitrogens is 2. The molecule has 20 heavy (non-hydrogen) atoms. The Labute approximate surface area is 112 Å². The van der Waals surface area contributed by atoms with Crippen LogP contribution in [0.2, 0.25) is 0 Å². The molecule has 0 unspecified atom stereocenters. The molecule has 3 heterocycles. The normalized spacial score (nSPS) is 21.4. The molecule has 1 fully saturated rings. The van der Waals surface area contributed by atoms with Gasteiger partial charge in [-0.3, -0.25) is 4.79 Å². The molecule has 2 aromatic heterocycles. The standard InChI is InChI=1S/C12H11F2N3O3/c1-7-15-10(20-16-7)9-4-12(13,14)6-17(9)11(18)8-2-3-19-5-8/h2-3,5,9H,4,6H2,1H3/t9-/m0/s1. The van der Waals surface area contributed by atoms with Gasteiger partial charge in [-0.15, -0.1) is 0 Å². The Balaban J connectivity index is 1.93. The number of likely N-dealkylation sites (tertiary alicyclic amines) is 1. The van der Waals surface area contributed by atoms with Gasteiger partial charge >= 0.3 is 0 Å². The van der Waals surface area contributed by atoms with Crippen molar-refractivity contribution in [2.45, 2.75) is 25.3 Å². The van der Waals surface area contributed by atoms with Crippen molar-refractivity contribution < 1.29 is 22.5 Å². The lowest BCUT2D eigenvalue weighted by Gasteiger charge is -2.20. The SMILES string of the molecule is Cc1noc([C@@H]2CC(F)(F)CN2C(=O)c2ccoc2)n1. The van der Waals surface area contributed by atoms with Crippen molar-refractivity contribution in [1.82, 2.24) is 15.0 Å². The monoisotopic (exact) mass is 283 g/mol. The van der Waals surface area contributed by atoms with Crippen LogP contribution in [0.15, 0.2) is 27.5 Å². The van der Waals surface area contributed by atoms with Crippen molar-refractivity contribution in [3.05, 3.63) is 35.9 Å². The van der Waals surface area contributed by atoms with E-state index in [-0.39, 0.29) is 11.5 Å². The number of furan rings is 1.